The molecule has 4 rings (SSSR count). The lowest BCUT2D eigenvalue weighted by Crippen LogP contribution is -2.53. The molecule has 0 radical (unpaired) electrons. The van der Waals surface area contributed by atoms with Crippen LogP contribution in [0.15, 0.2) is 35.5 Å². The molecular weight excluding hydrogens is 533 g/mol. The molecule has 1 aromatic rings. The van der Waals surface area contributed by atoms with E-state index in [1.54, 1.807) is 12.1 Å². The fourth-order valence-electron chi connectivity index (χ4n) is 6.39. The van der Waals surface area contributed by atoms with Crippen LogP contribution in [-0.4, -0.2) is 72.4 Å². The molecule has 0 aromatic heterocycles. The van der Waals surface area contributed by atoms with Gasteiger partial charge in [0.05, 0.1) is 5.69 Å². The Morgan fingerprint density at radius 3 is 2.36 bits per heavy atom. The Labute approximate surface area is 250 Å². The topological polar surface area (TPSA) is 108 Å². The van der Waals surface area contributed by atoms with Gasteiger partial charge in [0.1, 0.15) is 11.5 Å². The maximum atomic E-state index is 15.5. The van der Waals surface area contributed by atoms with Gasteiger partial charge in [-0.2, -0.15) is 0 Å². The van der Waals surface area contributed by atoms with E-state index in [1.165, 1.54) is 18.3 Å². The number of anilines is 1. The van der Waals surface area contributed by atoms with Gasteiger partial charge in [0.25, 0.3) is 0 Å². The van der Waals surface area contributed by atoms with Gasteiger partial charge in [-0.3, -0.25) is 19.4 Å². The van der Waals surface area contributed by atoms with Gasteiger partial charge in [-0.1, -0.05) is 19.9 Å². The molecule has 2 aliphatic carbocycles. The van der Waals surface area contributed by atoms with E-state index in [0.29, 0.717) is 43.1 Å². The number of hydrogen-bond donors (Lipinski definition) is 2. The van der Waals surface area contributed by atoms with Crippen molar-refractivity contribution in [3.8, 4) is 0 Å². The second-order valence-corrected chi connectivity index (χ2v) is 12.6. The highest BCUT2D eigenvalue weighted by Crippen LogP contribution is 2.53. The summed E-state index contributed by atoms with van der Waals surface area (Å²) in [5, 5.41) is 2.81. The van der Waals surface area contributed by atoms with Crippen LogP contribution in [0, 0.1) is 35.4 Å². The standard InChI is InChI=1S/C33H48FN5O3/c1-6-36-29(13-14-35)30(40)18-26(31(23-7-8-23)24-9-10-24)32(41)37-28-12-11-25(17-27(28)34)21(3)22(4)33(42)39-16-15-38(5)20(2)19-39/h11-14,17,20-24,26,31H,6-10,15-16,18-19,35H2,1-5H3,(H,37,41)/b14-13-,36-29?/t20-,21-,22?,26+/m1/s1. The number of Topliss-reactive ketones (excluding diaryl/α,β-unsaturated/α-hetero) is 1. The molecule has 2 saturated carbocycles. The summed E-state index contributed by atoms with van der Waals surface area (Å²) in [4.78, 5) is 48.6. The van der Waals surface area contributed by atoms with Crippen LogP contribution in [0.2, 0.25) is 0 Å². The first kappa shape index (κ1) is 31.9. The first-order chi connectivity index (χ1) is 20.0. The third kappa shape index (κ3) is 7.65. The second kappa shape index (κ2) is 13.9. The number of allylic oxidation sites excluding steroid dienone is 1. The second-order valence-electron chi connectivity index (χ2n) is 12.6. The molecule has 8 nitrogen and oxygen atoms in total. The largest absolute Gasteiger partial charge is 0.405 e. The molecule has 1 aliphatic heterocycles. The highest BCUT2D eigenvalue weighted by atomic mass is 19.1. The Kier molecular flexibility index (Phi) is 10.6. The minimum Gasteiger partial charge on any atom is -0.405 e. The van der Waals surface area contributed by atoms with Crippen LogP contribution in [0.25, 0.3) is 0 Å². The smallest absolute Gasteiger partial charge is 0.228 e. The van der Waals surface area contributed by atoms with Crippen molar-refractivity contribution in [2.45, 2.75) is 71.8 Å². The molecule has 1 heterocycles. The van der Waals surface area contributed by atoms with Crippen LogP contribution in [0.3, 0.4) is 0 Å². The quantitative estimate of drug-likeness (QED) is 0.331. The van der Waals surface area contributed by atoms with Crippen LogP contribution in [0.1, 0.15) is 71.3 Å². The van der Waals surface area contributed by atoms with Crippen LogP contribution in [-0.2, 0) is 14.4 Å². The summed E-state index contributed by atoms with van der Waals surface area (Å²) in [5.41, 5.74) is 6.61. The zero-order chi connectivity index (χ0) is 30.6. The van der Waals surface area contributed by atoms with Gasteiger partial charge < -0.3 is 20.9 Å². The number of rotatable bonds is 13. The van der Waals surface area contributed by atoms with E-state index in [9.17, 15) is 14.4 Å². The first-order valence-corrected chi connectivity index (χ1v) is 15.6. The maximum absolute atomic E-state index is 15.5. The summed E-state index contributed by atoms with van der Waals surface area (Å²) in [6, 6.07) is 5.09. The predicted octanol–water partition coefficient (Wildman–Crippen LogP) is 4.61. The average molecular weight is 582 g/mol. The summed E-state index contributed by atoms with van der Waals surface area (Å²) in [6.07, 6.45) is 7.03. The number of amides is 2. The molecule has 42 heavy (non-hydrogen) atoms. The maximum Gasteiger partial charge on any atom is 0.228 e. The Morgan fingerprint density at radius 1 is 1.14 bits per heavy atom. The number of hydrogen-bond acceptors (Lipinski definition) is 6. The van der Waals surface area contributed by atoms with Crippen molar-refractivity contribution in [2.75, 3.05) is 38.5 Å². The number of benzene rings is 1. The fraction of sp³-hybridized carbons (Fsp3) is 0.636. The zero-order valence-corrected chi connectivity index (χ0v) is 25.8. The number of nitrogens with one attached hydrogen (secondary N) is 1. The van der Waals surface area contributed by atoms with Crippen LogP contribution in [0.4, 0.5) is 10.1 Å². The molecule has 0 spiro atoms. The molecule has 4 atom stereocenters. The summed E-state index contributed by atoms with van der Waals surface area (Å²) in [6.45, 7) is 10.4. The van der Waals surface area contributed by atoms with Gasteiger partial charge in [-0.25, -0.2) is 4.39 Å². The van der Waals surface area contributed by atoms with E-state index in [4.69, 9.17) is 5.73 Å². The molecule has 1 unspecified atom stereocenters. The van der Waals surface area contributed by atoms with Crippen molar-refractivity contribution < 1.29 is 18.8 Å². The number of ketones is 1. The van der Waals surface area contributed by atoms with Crippen molar-refractivity contribution in [2.24, 2.45) is 40.3 Å². The number of halogens is 1. The minimum atomic E-state index is -0.563. The van der Waals surface area contributed by atoms with Crippen molar-refractivity contribution in [1.82, 2.24) is 9.80 Å². The van der Waals surface area contributed by atoms with Crippen molar-refractivity contribution in [1.29, 1.82) is 0 Å². The van der Waals surface area contributed by atoms with Gasteiger partial charge in [-0.05, 0) is 100 Å². The SMILES string of the molecule is CCN=C(/C=C\N)C(=O)C[C@H](C(=O)Nc1ccc([C@H](C)C(C)C(=O)N2CCN(C)[C@H](C)C2)cc1F)C(C1CC1)C1CC1. The Balaban J connectivity index is 1.47. The molecule has 3 N–H and O–H groups in total. The predicted molar refractivity (Wildman–Crippen MR) is 165 cm³/mol. The number of nitrogens with zero attached hydrogens (tertiary/aromatic N) is 3. The molecule has 3 fully saturated rings. The summed E-state index contributed by atoms with van der Waals surface area (Å²) < 4.78 is 15.5. The fourth-order valence-corrected chi connectivity index (χ4v) is 6.39. The van der Waals surface area contributed by atoms with Gasteiger partial charge in [0.15, 0.2) is 5.78 Å². The third-order valence-corrected chi connectivity index (χ3v) is 9.60. The molecule has 1 aromatic carbocycles. The highest BCUT2D eigenvalue weighted by molar-refractivity contribution is 6.44. The Hall–Kier alpha value is -3.07. The van der Waals surface area contributed by atoms with E-state index >= 15 is 4.39 Å². The van der Waals surface area contributed by atoms with E-state index < -0.39 is 11.7 Å². The lowest BCUT2D eigenvalue weighted by Gasteiger charge is -2.39. The molecule has 0 bridgehead atoms. The zero-order valence-electron chi connectivity index (χ0n) is 25.8. The van der Waals surface area contributed by atoms with Gasteiger partial charge in [-0.15, -0.1) is 0 Å². The van der Waals surface area contributed by atoms with E-state index in [1.807, 2.05) is 25.7 Å². The number of aliphatic imine (C=N–C) groups is 1. The lowest BCUT2D eigenvalue weighted by atomic mass is 9.79. The average Bonchev–Trinajstić information content (AvgIpc) is 3.90. The number of carbonyl (C=O) groups excluding carboxylic acids is 3. The third-order valence-electron chi connectivity index (χ3n) is 9.60. The lowest BCUT2D eigenvalue weighted by molar-refractivity contribution is -0.138. The van der Waals surface area contributed by atoms with Crippen molar-refractivity contribution >= 4 is 29.0 Å². The summed E-state index contributed by atoms with van der Waals surface area (Å²) >= 11 is 0. The van der Waals surface area contributed by atoms with E-state index in [2.05, 4.69) is 29.2 Å². The summed E-state index contributed by atoms with van der Waals surface area (Å²) in [5.74, 6) is -1.13. The highest BCUT2D eigenvalue weighted by Gasteiger charge is 2.48. The molecule has 3 aliphatic rings. The Bertz CT molecular complexity index is 1200. The molecular formula is C33H48FN5O3. The molecule has 230 valence electrons. The Morgan fingerprint density at radius 2 is 1.81 bits per heavy atom. The number of likely N-dealkylation sites (N-methyl/N-ethyl adjacent to an activating group) is 1. The number of nitrogens with two attached hydrogens (primary N) is 1. The van der Waals surface area contributed by atoms with Gasteiger partial charge in [0, 0.05) is 50.5 Å². The first-order valence-electron chi connectivity index (χ1n) is 15.6. The minimum absolute atomic E-state index is 0.0218. The van der Waals surface area contributed by atoms with Crippen molar-refractivity contribution in [3.05, 3.63) is 41.9 Å². The van der Waals surface area contributed by atoms with Crippen molar-refractivity contribution in [3.63, 3.8) is 0 Å². The van der Waals surface area contributed by atoms with Crippen LogP contribution in [0.5, 0.6) is 0 Å². The van der Waals surface area contributed by atoms with E-state index in [0.717, 1.165) is 32.2 Å². The molecule has 2 amide bonds. The normalized spacial score (nSPS) is 22.3. The van der Waals surface area contributed by atoms with E-state index in [-0.39, 0.29) is 53.2 Å². The summed E-state index contributed by atoms with van der Waals surface area (Å²) in [7, 11) is 2.07. The van der Waals surface area contributed by atoms with Gasteiger partial charge in [0.2, 0.25) is 11.8 Å². The van der Waals surface area contributed by atoms with Crippen LogP contribution >= 0.6 is 0 Å². The van der Waals surface area contributed by atoms with Crippen LogP contribution < -0.4 is 11.1 Å². The number of piperazine rings is 1. The monoisotopic (exact) mass is 581 g/mol. The molecule has 1 saturated heterocycles. The van der Waals surface area contributed by atoms with Gasteiger partial charge >= 0.3 is 0 Å². The molecule has 9 heteroatoms. The number of carbonyl (C=O) groups is 3.